The summed E-state index contributed by atoms with van der Waals surface area (Å²) in [6, 6.07) is 21.7. The zero-order chi connectivity index (χ0) is 26.7. The molecule has 5 rings (SSSR count). The lowest BCUT2D eigenvalue weighted by Crippen LogP contribution is -2.45. The van der Waals surface area contributed by atoms with Crippen LogP contribution in [0.1, 0.15) is 22.4 Å². The Labute approximate surface area is 232 Å². The smallest absolute Gasteiger partial charge is 0.289 e. The molecule has 0 bridgehead atoms. The van der Waals surface area contributed by atoms with Crippen LogP contribution in [0.4, 0.5) is 11.4 Å². The third kappa shape index (κ3) is 5.78. The largest absolute Gasteiger partial charge is 0.364 e. The first-order chi connectivity index (χ1) is 18.4. The van der Waals surface area contributed by atoms with E-state index >= 15 is 0 Å². The summed E-state index contributed by atoms with van der Waals surface area (Å²) in [7, 11) is -4.32. The molecule has 1 aliphatic rings. The average molecular weight is 565 g/mol. The van der Waals surface area contributed by atoms with Gasteiger partial charge in [-0.15, -0.1) is 12.4 Å². The Balaban J connectivity index is 0.00000353. The van der Waals surface area contributed by atoms with Gasteiger partial charge in [0.25, 0.3) is 15.7 Å². The molecule has 4 aromatic rings. The van der Waals surface area contributed by atoms with Gasteiger partial charge >= 0.3 is 0 Å². The van der Waals surface area contributed by atoms with E-state index in [1.807, 2.05) is 36.4 Å². The van der Waals surface area contributed by atoms with Gasteiger partial charge in [-0.25, -0.2) is 13.4 Å². The molecule has 2 heterocycles. The summed E-state index contributed by atoms with van der Waals surface area (Å²) < 4.78 is 29.7. The van der Waals surface area contributed by atoms with E-state index in [4.69, 9.17) is 0 Å². The number of nitrogens with one attached hydrogen (secondary N) is 1. The van der Waals surface area contributed by atoms with Gasteiger partial charge in [0.2, 0.25) is 0 Å². The van der Waals surface area contributed by atoms with Gasteiger partial charge in [-0.2, -0.15) is 9.57 Å². The van der Waals surface area contributed by atoms with Gasteiger partial charge < -0.3 is 9.88 Å². The van der Waals surface area contributed by atoms with Crippen LogP contribution in [-0.2, 0) is 29.5 Å². The third-order valence-corrected chi connectivity index (χ3v) is 8.54. The number of H-pyrrole nitrogens is 1. The lowest BCUT2D eigenvalue weighted by molar-refractivity contribution is -0.387. The molecule has 0 saturated heterocycles. The standard InChI is InChI=1S/C27H24N6O4S.ClH/c28-14-21-10-11-25-22(12-21)16-32(38(36,37)27-9-5-4-8-26(27)33(34)35)24(13-20-6-2-1-3-7-20)18-31(25)17-23-15-29-19-30-23;/h1-12,15,19,24H,13,16-18H2,(H,29,30);1H/t24-;/m1./s1. The number of halogens is 1. The summed E-state index contributed by atoms with van der Waals surface area (Å²) in [5.74, 6) is 0. The second-order valence-corrected chi connectivity index (χ2v) is 10.9. The first kappa shape index (κ1) is 27.8. The lowest BCUT2D eigenvalue weighted by Gasteiger charge is -2.32. The van der Waals surface area contributed by atoms with Crippen LogP contribution >= 0.6 is 12.4 Å². The fraction of sp³-hybridized carbons (Fsp3) is 0.185. The number of hydrogen-bond donors (Lipinski definition) is 1. The molecule has 10 nitrogen and oxygen atoms in total. The van der Waals surface area contributed by atoms with Crippen molar-refractivity contribution in [2.24, 2.45) is 0 Å². The van der Waals surface area contributed by atoms with Crippen molar-refractivity contribution in [3.05, 3.63) is 118 Å². The molecule has 3 aromatic carbocycles. The van der Waals surface area contributed by atoms with E-state index in [0.717, 1.165) is 16.9 Å². The molecule has 0 radical (unpaired) electrons. The van der Waals surface area contributed by atoms with Gasteiger partial charge in [-0.3, -0.25) is 10.1 Å². The Kier molecular flexibility index (Phi) is 8.30. The number of aromatic nitrogens is 2. The number of nitrogens with zero attached hydrogens (tertiary/aromatic N) is 5. The number of hydrogen-bond acceptors (Lipinski definition) is 7. The van der Waals surface area contributed by atoms with Crippen LogP contribution in [-0.4, -0.2) is 40.2 Å². The maximum absolute atomic E-state index is 14.2. The van der Waals surface area contributed by atoms with Gasteiger partial charge in [-0.1, -0.05) is 42.5 Å². The Bertz CT molecular complexity index is 1610. The third-order valence-electron chi connectivity index (χ3n) is 6.59. The first-order valence-corrected chi connectivity index (χ1v) is 13.3. The van der Waals surface area contributed by atoms with E-state index in [9.17, 15) is 23.8 Å². The Morgan fingerprint density at radius 2 is 1.85 bits per heavy atom. The van der Waals surface area contributed by atoms with Crippen molar-refractivity contribution in [3.8, 4) is 6.07 Å². The van der Waals surface area contributed by atoms with Crippen LogP contribution in [0.3, 0.4) is 0 Å². The van der Waals surface area contributed by atoms with E-state index in [1.165, 1.54) is 28.6 Å². The molecule has 12 heteroatoms. The Morgan fingerprint density at radius 1 is 1.10 bits per heavy atom. The van der Waals surface area contributed by atoms with Gasteiger partial charge in [-0.05, 0) is 41.8 Å². The number of sulfonamides is 1. The Morgan fingerprint density at radius 3 is 2.54 bits per heavy atom. The number of rotatable bonds is 7. The molecule has 0 fully saturated rings. The van der Waals surface area contributed by atoms with Crippen LogP contribution in [0, 0.1) is 21.4 Å². The van der Waals surface area contributed by atoms with Gasteiger partial charge in [0.05, 0.1) is 35.1 Å². The molecule has 0 saturated carbocycles. The van der Waals surface area contributed by atoms with E-state index < -0.39 is 26.7 Å². The monoisotopic (exact) mass is 564 g/mol. The maximum atomic E-state index is 14.2. The minimum atomic E-state index is -4.32. The number of aromatic amines is 1. The summed E-state index contributed by atoms with van der Waals surface area (Å²) in [4.78, 5) is 20.0. The normalized spacial score (nSPS) is 15.5. The molecular formula is C27H25ClN6O4S. The van der Waals surface area contributed by atoms with Crippen LogP contribution in [0.5, 0.6) is 0 Å². The van der Waals surface area contributed by atoms with Crippen molar-refractivity contribution in [2.75, 3.05) is 11.4 Å². The minimum Gasteiger partial charge on any atom is -0.364 e. The van der Waals surface area contributed by atoms with Crippen molar-refractivity contribution in [2.45, 2.75) is 30.4 Å². The van der Waals surface area contributed by atoms with Crippen LogP contribution in [0.15, 0.2) is 90.2 Å². The quantitative estimate of drug-likeness (QED) is 0.259. The number of nitro groups is 1. The first-order valence-electron chi connectivity index (χ1n) is 11.9. The van der Waals surface area contributed by atoms with Crippen molar-refractivity contribution in [1.29, 1.82) is 5.26 Å². The van der Waals surface area contributed by atoms with Crippen LogP contribution in [0.2, 0.25) is 0 Å². The van der Waals surface area contributed by atoms with E-state index in [0.29, 0.717) is 30.6 Å². The number of benzene rings is 3. The number of imidazole rings is 1. The summed E-state index contributed by atoms with van der Waals surface area (Å²) in [6.45, 7) is 0.701. The van der Waals surface area contributed by atoms with Crippen molar-refractivity contribution >= 4 is 33.8 Å². The fourth-order valence-electron chi connectivity index (χ4n) is 4.84. The minimum absolute atomic E-state index is 0. The van der Waals surface area contributed by atoms with E-state index in [1.54, 1.807) is 24.7 Å². The molecule has 1 atom stereocenters. The van der Waals surface area contributed by atoms with Gasteiger partial charge in [0.1, 0.15) is 0 Å². The van der Waals surface area contributed by atoms with Gasteiger partial charge in [0, 0.05) is 37.1 Å². The van der Waals surface area contributed by atoms with Crippen LogP contribution < -0.4 is 4.90 Å². The number of anilines is 1. The molecule has 200 valence electrons. The molecule has 0 amide bonds. The molecule has 39 heavy (non-hydrogen) atoms. The van der Waals surface area contributed by atoms with Crippen molar-refractivity contribution < 1.29 is 13.3 Å². The van der Waals surface area contributed by atoms with E-state index in [-0.39, 0.29) is 23.8 Å². The Hall–Kier alpha value is -4.24. The average Bonchev–Trinajstić information content (AvgIpc) is 3.39. The molecular weight excluding hydrogens is 540 g/mol. The van der Waals surface area contributed by atoms with E-state index in [2.05, 4.69) is 20.9 Å². The second-order valence-electron chi connectivity index (χ2n) is 9.03. The lowest BCUT2D eigenvalue weighted by atomic mass is 10.1. The second kappa shape index (κ2) is 11.7. The summed E-state index contributed by atoms with van der Waals surface area (Å²) in [6.07, 6.45) is 3.68. The number of para-hydroxylation sites is 1. The highest BCUT2D eigenvalue weighted by Gasteiger charge is 2.39. The van der Waals surface area contributed by atoms with Gasteiger partial charge in [0.15, 0.2) is 4.90 Å². The number of nitriles is 1. The predicted octanol–water partition coefficient (Wildman–Crippen LogP) is 4.43. The van der Waals surface area contributed by atoms with Crippen molar-refractivity contribution in [1.82, 2.24) is 14.3 Å². The van der Waals surface area contributed by atoms with Crippen LogP contribution in [0.25, 0.3) is 0 Å². The summed E-state index contributed by atoms with van der Waals surface area (Å²) >= 11 is 0. The van der Waals surface area contributed by atoms with Crippen molar-refractivity contribution in [3.63, 3.8) is 0 Å². The SMILES string of the molecule is Cl.N#Cc1ccc2c(c1)CN(S(=O)(=O)c1ccccc1[N+](=O)[O-])[C@H](Cc1ccccc1)CN2Cc1cnc[nH]1. The topological polar surface area (TPSA) is 136 Å². The molecule has 1 aromatic heterocycles. The predicted molar refractivity (Wildman–Crippen MR) is 148 cm³/mol. The maximum Gasteiger partial charge on any atom is 0.289 e. The fourth-order valence-corrected chi connectivity index (χ4v) is 6.60. The molecule has 0 unspecified atom stereocenters. The molecule has 1 N–H and O–H groups in total. The number of nitro benzene ring substituents is 1. The summed E-state index contributed by atoms with van der Waals surface area (Å²) in [5.41, 5.74) is 3.13. The molecule has 0 aliphatic carbocycles. The zero-order valence-corrected chi connectivity index (χ0v) is 22.3. The number of fused-ring (bicyclic) bond motifs is 1. The zero-order valence-electron chi connectivity index (χ0n) is 20.7. The highest BCUT2D eigenvalue weighted by molar-refractivity contribution is 7.89. The molecule has 1 aliphatic heterocycles. The molecule has 0 spiro atoms. The highest BCUT2D eigenvalue weighted by Crippen LogP contribution is 2.35. The summed E-state index contributed by atoms with van der Waals surface area (Å²) in [5, 5.41) is 21.3. The highest BCUT2D eigenvalue weighted by atomic mass is 35.5.